The zero-order chi connectivity index (χ0) is 18.5. The van der Waals surface area contributed by atoms with Gasteiger partial charge in [-0.2, -0.15) is 0 Å². The molecule has 4 rings (SSSR count). The van der Waals surface area contributed by atoms with E-state index in [0.717, 1.165) is 34.1 Å². The Kier molecular flexibility index (Phi) is 5.78. The maximum absolute atomic E-state index is 12.3. The number of nitrogens with zero attached hydrogens (tertiary/aromatic N) is 2. The van der Waals surface area contributed by atoms with Crippen molar-refractivity contribution >= 4 is 23.3 Å². The number of carbonyl (C=O) groups excluding carboxylic acids is 1. The number of aromatic nitrogens is 2. The van der Waals surface area contributed by atoms with Crippen LogP contribution in [-0.4, -0.2) is 21.8 Å². The summed E-state index contributed by atoms with van der Waals surface area (Å²) >= 11 is 1.74. The number of rotatable bonds is 6. The van der Waals surface area contributed by atoms with Crippen molar-refractivity contribution in [1.29, 1.82) is 0 Å². The molecule has 0 radical (unpaired) electrons. The van der Waals surface area contributed by atoms with E-state index < -0.39 is 0 Å². The van der Waals surface area contributed by atoms with Gasteiger partial charge in [0.05, 0.1) is 5.69 Å². The minimum Gasteiger partial charge on any atom is -0.352 e. The molecule has 3 aromatic rings. The molecule has 0 bridgehead atoms. The average molecular weight is 380 g/mol. The quantitative estimate of drug-likeness (QED) is 0.617. The molecule has 0 atom stereocenters. The fraction of sp³-hybridized carbons (Fsp3) is 0.364. The van der Waals surface area contributed by atoms with Gasteiger partial charge in [-0.05, 0) is 55.2 Å². The topological polar surface area (TPSA) is 46.4 Å². The lowest BCUT2D eigenvalue weighted by Gasteiger charge is -2.21. The molecule has 1 aliphatic rings. The first-order valence-electron chi connectivity index (χ1n) is 9.71. The van der Waals surface area contributed by atoms with Crippen LogP contribution in [0.1, 0.15) is 48.2 Å². The molecular formula is C22H25N3OS. The highest BCUT2D eigenvalue weighted by atomic mass is 32.2. The summed E-state index contributed by atoms with van der Waals surface area (Å²) < 4.78 is 2.04. The predicted molar refractivity (Wildman–Crippen MR) is 110 cm³/mol. The molecule has 5 heteroatoms. The fourth-order valence-corrected chi connectivity index (χ4v) is 4.43. The van der Waals surface area contributed by atoms with Gasteiger partial charge in [0, 0.05) is 35.2 Å². The second-order valence-corrected chi connectivity index (χ2v) is 8.27. The minimum absolute atomic E-state index is 0.0393. The Labute approximate surface area is 164 Å². The highest BCUT2D eigenvalue weighted by molar-refractivity contribution is 7.98. The van der Waals surface area contributed by atoms with Crippen LogP contribution in [0.3, 0.4) is 0 Å². The van der Waals surface area contributed by atoms with Gasteiger partial charge in [0.1, 0.15) is 5.65 Å². The van der Waals surface area contributed by atoms with Crippen LogP contribution in [0, 0.1) is 5.92 Å². The molecule has 2 heterocycles. The van der Waals surface area contributed by atoms with Crippen LogP contribution in [-0.2, 0) is 5.75 Å². The summed E-state index contributed by atoms with van der Waals surface area (Å²) in [7, 11) is 0. The van der Waals surface area contributed by atoms with E-state index in [2.05, 4.69) is 16.5 Å². The smallest absolute Gasteiger partial charge is 0.251 e. The number of carbonyl (C=O) groups is 1. The minimum atomic E-state index is 0.0393. The third-order valence-electron chi connectivity index (χ3n) is 5.19. The molecule has 27 heavy (non-hydrogen) atoms. The molecule has 1 N–H and O–H groups in total. The first-order valence-corrected chi connectivity index (χ1v) is 10.7. The van der Waals surface area contributed by atoms with Gasteiger partial charge in [-0.1, -0.05) is 25.3 Å². The predicted octanol–water partition coefficient (Wildman–Crippen LogP) is 4.94. The van der Waals surface area contributed by atoms with E-state index in [9.17, 15) is 4.79 Å². The number of amides is 1. The number of nitrogens with one attached hydrogen (secondary N) is 1. The lowest BCUT2D eigenvalue weighted by Crippen LogP contribution is -2.30. The maximum atomic E-state index is 12.3. The van der Waals surface area contributed by atoms with E-state index in [1.807, 2.05) is 53.1 Å². The highest BCUT2D eigenvalue weighted by Crippen LogP contribution is 2.24. The second kappa shape index (κ2) is 8.61. The molecule has 1 aliphatic carbocycles. The lowest BCUT2D eigenvalue weighted by molar-refractivity contribution is 0.0943. The third kappa shape index (κ3) is 4.72. The summed E-state index contributed by atoms with van der Waals surface area (Å²) in [5.41, 5.74) is 2.77. The molecule has 0 unspecified atom stereocenters. The first kappa shape index (κ1) is 18.1. The molecule has 2 aromatic heterocycles. The van der Waals surface area contributed by atoms with Crippen LogP contribution in [0.15, 0.2) is 59.8 Å². The summed E-state index contributed by atoms with van der Waals surface area (Å²) in [5.74, 6) is 1.51. The van der Waals surface area contributed by atoms with E-state index in [-0.39, 0.29) is 5.91 Å². The second-order valence-electron chi connectivity index (χ2n) is 7.23. The average Bonchev–Trinajstić information content (AvgIpc) is 3.15. The van der Waals surface area contributed by atoms with Crippen molar-refractivity contribution in [2.45, 2.75) is 42.8 Å². The number of imidazole rings is 1. The van der Waals surface area contributed by atoms with Crippen LogP contribution in [0.25, 0.3) is 5.65 Å². The van der Waals surface area contributed by atoms with E-state index in [1.165, 1.54) is 32.1 Å². The standard InChI is InChI=1S/C22H25N3OS/c26-22(23-14-17-6-2-1-3-7-17)18-9-11-20(12-10-18)27-16-19-15-25-13-5-4-8-21(25)24-19/h4-5,8-13,15,17H,1-3,6-7,14,16H2,(H,23,26). The van der Waals surface area contributed by atoms with Crippen LogP contribution < -0.4 is 5.32 Å². The van der Waals surface area contributed by atoms with Crippen LogP contribution >= 0.6 is 11.8 Å². The van der Waals surface area contributed by atoms with Crippen molar-refractivity contribution in [1.82, 2.24) is 14.7 Å². The van der Waals surface area contributed by atoms with Crippen molar-refractivity contribution in [3.63, 3.8) is 0 Å². The first-order chi connectivity index (χ1) is 13.3. The van der Waals surface area contributed by atoms with Crippen molar-refractivity contribution in [2.24, 2.45) is 5.92 Å². The summed E-state index contributed by atoms with van der Waals surface area (Å²) in [6.45, 7) is 0.809. The molecule has 1 aromatic carbocycles. The number of thioether (sulfide) groups is 1. The van der Waals surface area contributed by atoms with Gasteiger partial charge < -0.3 is 9.72 Å². The lowest BCUT2D eigenvalue weighted by atomic mass is 9.89. The number of benzene rings is 1. The Bertz CT molecular complexity index is 864. The van der Waals surface area contributed by atoms with Gasteiger partial charge >= 0.3 is 0 Å². The van der Waals surface area contributed by atoms with E-state index in [4.69, 9.17) is 0 Å². The zero-order valence-electron chi connectivity index (χ0n) is 15.4. The van der Waals surface area contributed by atoms with E-state index in [0.29, 0.717) is 5.92 Å². The van der Waals surface area contributed by atoms with Crippen molar-refractivity contribution < 1.29 is 4.79 Å². The zero-order valence-corrected chi connectivity index (χ0v) is 16.3. The van der Waals surface area contributed by atoms with Gasteiger partial charge in [-0.15, -0.1) is 11.8 Å². The molecule has 1 fully saturated rings. The number of pyridine rings is 1. The Morgan fingerprint density at radius 3 is 2.70 bits per heavy atom. The normalized spacial score (nSPS) is 15.1. The summed E-state index contributed by atoms with van der Waals surface area (Å²) in [5, 5.41) is 3.10. The number of hydrogen-bond acceptors (Lipinski definition) is 3. The van der Waals surface area contributed by atoms with Crippen molar-refractivity contribution in [2.75, 3.05) is 6.54 Å². The van der Waals surface area contributed by atoms with Gasteiger partial charge in [-0.25, -0.2) is 4.98 Å². The molecule has 140 valence electrons. The van der Waals surface area contributed by atoms with Gasteiger partial charge in [0.2, 0.25) is 0 Å². The number of fused-ring (bicyclic) bond motifs is 1. The van der Waals surface area contributed by atoms with Crippen molar-refractivity contribution in [3.05, 3.63) is 66.1 Å². The van der Waals surface area contributed by atoms with Crippen molar-refractivity contribution in [3.8, 4) is 0 Å². The summed E-state index contributed by atoms with van der Waals surface area (Å²) in [4.78, 5) is 18.1. The van der Waals surface area contributed by atoms with Gasteiger partial charge in [0.15, 0.2) is 0 Å². The Hall–Kier alpha value is -2.27. The van der Waals surface area contributed by atoms with Crippen LogP contribution in [0.5, 0.6) is 0 Å². The molecule has 0 spiro atoms. The maximum Gasteiger partial charge on any atom is 0.251 e. The Balaban J connectivity index is 1.29. The number of hydrogen-bond donors (Lipinski definition) is 1. The van der Waals surface area contributed by atoms with Crippen LogP contribution in [0.2, 0.25) is 0 Å². The monoisotopic (exact) mass is 379 g/mol. The highest BCUT2D eigenvalue weighted by Gasteiger charge is 2.14. The van der Waals surface area contributed by atoms with E-state index >= 15 is 0 Å². The Morgan fingerprint density at radius 2 is 1.93 bits per heavy atom. The molecule has 1 saturated carbocycles. The summed E-state index contributed by atoms with van der Waals surface area (Å²) in [6.07, 6.45) is 10.5. The third-order valence-corrected chi connectivity index (χ3v) is 6.24. The molecule has 0 aliphatic heterocycles. The fourth-order valence-electron chi connectivity index (χ4n) is 3.65. The molecule has 0 saturated heterocycles. The molecule has 1 amide bonds. The van der Waals surface area contributed by atoms with Crippen LogP contribution in [0.4, 0.5) is 0 Å². The van der Waals surface area contributed by atoms with Gasteiger partial charge in [-0.3, -0.25) is 4.79 Å². The van der Waals surface area contributed by atoms with Gasteiger partial charge in [0.25, 0.3) is 5.91 Å². The SMILES string of the molecule is O=C(NCC1CCCCC1)c1ccc(SCc2cn3ccccc3n2)cc1. The summed E-state index contributed by atoms with van der Waals surface area (Å²) in [6, 6.07) is 13.9. The van der Waals surface area contributed by atoms with E-state index in [1.54, 1.807) is 11.8 Å². The Morgan fingerprint density at radius 1 is 1.11 bits per heavy atom. The molecule has 4 nitrogen and oxygen atoms in total. The molecular weight excluding hydrogens is 354 g/mol. The largest absolute Gasteiger partial charge is 0.352 e.